The third-order valence-corrected chi connectivity index (χ3v) is 4.95. The van der Waals surface area contributed by atoms with E-state index < -0.39 is 10.8 Å². The maximum atomic E-state index is 12.4. The first-order chi connectivity index (χ1) is 13.9. The summed E-state index contributed by atoms with van der Waals surface area (Å²) in [5.41, 5.74) is 2.97. The highest BCUT2D eigenvalue weighted by Gasteiger charge is 2.19. The van der Waals surface area contributed by atoms with Gasteiger partial charge in [0.2, 0.25) is 0 Å². The van der Waals surface area contributed by atoms with E-state index in [1.807, 2.05) is 30.6 Å². The molecule has 0 spiro atoms. The van der Waals surface area contributed by atoms with Crippen LogP contribution in [0.15, 0.2) is 35.9 Å². The second-order valence-electron chi connectivity index (χ2n) is 6.95. The zero-order chi connectivity index (χ0) is 21.0. The minimum absolute atomic E-state index is 0.00156. The lowest BCUT2D eigenvalue weighted by molar-refractivity contribution is -0.384. The van der Waals surface area contributed by atoms with Crippen LogP contribution in [0.25, 0.3) is 11.8 Å². The molecule has 1 saturated heterocycles. The number of benzene rings is 1. The fourth-order valence-electron chi connectivity index (χ4n) is 3.49. The number of hydrogen-bond acceptors (Lipinski definition) is 5. The Morgan fingerprint density at radius 3 is 2.90 bits per heavy atom. The number of carbonyl (C=O) groups is 1. The number of aryl methyl sites for hydroxylation is 1. The van der Waals surface area contributed by atoms with Crippen molar-refractivity contribution in [2.75, 3.05) is 13.2 Å². The number of carbonyl (C=O) groups excluding carboxylic acids is 1. The molecule has 1 aliphatic heterocycles. The molecule has 150 valence electrons. The molecule has 3 rings (SSSR count). The van der Waals surface area contributed by atoms with Crippen LogP contribution in [-0.2, 0) is 9.53 Å². The summed E-state index contributed by atoms with van der Waals surface area (Å²) in [6.45, 7) is 4.79. The summed E-state index contributed by atoms with van der Waals surface area (Å²) in [6, 6.07) is 10.1. The number of nitriles is 1. The minimum atomic E-state index is -0.442. The first-order valence-electron chi connectivity index (χ1n) is 9.36. The fourth-order valence-corrected chi connectivity index (χ4v) is 3.49. The zero-order valence-corrected chi connectivity index (χ0v) is 16.3. The van der Waals surface area contributed by atoms with Gasteiger partial charge >= 0.3 is 0 Å². The van der Waals surface area contributed by atoms with E-state index in [-0.39, 0.29) is 17.4 Å². The molecule has 1 fully saturated rings. The number of rotatable bonds is 6. The van der Waals surface area contributed by atoms with Gasteiger partial charge in [0.25, 0.3) is 11.6 Å². The number of amides is 1. The van der Waals surface area contributed by atoms with E-state index in [0.717, 1.165) is 24.2 Å². The number of hydrogen-bond donors (Lipinski definition) is 1. The standard InChI is InChI=1S/C21H22N4O4/c1-14-9-16(10-17(12-22)21(26)23-13-20-7-4-8-29-20)15(2)24(14)18-5-3-6-19(11-18)25(27)28/h3,5-6,9-11,20H,4,7-8,13H2,1-2H3,(H,23,26)/b17-10+/t20-/m0/s1. The molecule has 1 amide bonds. The third kappa shape index (κ3) is 4.52. The molecule has 1 aliphatic rings. The van der Waals surface area contributed by atoms with Crippen LogP contribution in [0.5, 0.6) is 0 Å². The van der Waals surface area contributed by atoms with Gasteiger partial charge in [-0.25, -0.2) is 0 Å². The Morgan fingerprint density at radius 1 is 1.45 bits per heavy atom. The van der Waals surface area contributed by atoms with Gasteiger partial charge < -0.3 is 14.6 Å². The van der Waals surface area contributed by atoms with E-state index in [9.17, 15) is 20.2 Å². The van der Waals surface area contributed by atoms with E-state index in [1.165, 1.54) is 12.1 Å². The Bertz CT molecular complexity index is 1010. The topological polar surface area (TPSA) is 110 Å². The van der Waals surface area contributed by atoms with Crippen LogP contribution in [0.2, 0.25) is 0 Å². The maximum absolute atomic E-state index is 12.4. The molecule has 0 saturated carbocycles. The van der Waals surface area contributed by atoms with Crippen LogP contribution in [0.4, 0.5) is 5.69 Å². The zero-order valence-electron chi connectivity index (χ0n) is 16.3. The summed E-state index contributed by atoms with van der Waals surface area (Å²) in [5.74, 6) is -0.442. The smallest absolute Gasteiger partial charge is 0.271 e. The van der Waals surface area contributed by atoms with Crippen LogP contribution >= 0.6 is 0 Å². The summed E-state index contributed by atoms with van der Waals surface area (Å²) in [7, 11) is 0. The fraction of sp³-hybridized carbons (Fsp3) is 0.333. The van der Waals surface area contributed by atoms with Crippen molar-refractivity contribution in [3.8, 4) is 11.8 Å². The molecule has 8 nitrogen and oxygen atoms in total. The van der Waals surface area contributed by atoms with Crippen LogP contribution in [0.3, 0.4) is 0 Å². The predicted octanol–water partition coefficient (Wildman–Crippen LogP) is 3.20. The third-order valence-electron chi connectivity index (χ3n) is 4.95. The highest BCUT2D eigenvalue weighted by atomic mass is 16.6. The molecule has 0 bridgehead atoms. The summed E-state index contributed by atoms with van der Waals surface area (Å²) in [6.07, 6.45) is 3.42. The van der Waals surface area contributed by atoms with Crippen molar-refractivity contribution in [3.05, 3.63) is 63.0 Å². The lowest BCUT2D eigenvalue weighted by Gasteiger charge is -2.10. The number of ether oxygens (including phenoxy) is 1. The van der Waals surface area contributed by atoms with Crippen molar-refractivity contribution in [1.82, 2.24) is 9.88 Å². The molecule has 8 heteroatoms. The molecule has 0 aliphatic carbocycles. The minimum Gasteiger partial charge on any atom is -0.376 e. The van der Waals surface area contributed by atoms with Crippen molar-refractivity contribution in [2.45, 2.75) is 32.8 Å². The maximum Gasteiger partial charge on any atom is 0.271 e. The highest BCUT2D eigenvalue weighted by molar-refractivity contribution is 6.01. The van der Waals surface area contributed by atoms with Crippen molar-refractivity contribution < 1.29 is 14.5 Å². The van der Waals surface area contributed by atoms with E-state index in [2.05, 4.69) is 5.32 Å². The van der Waals surface area contributed by atoms with Gasteiger partial charge in [-0.05, 0) is 50.5 Å². The van der Waals surface area contributed by atoms with E-state index in [0.29, 0.717) is 24.4 Å². The average Bonchev–Trinajstić information content (AvgIpc) is 3.32. The summed E-state index contributed by atoms with van der Waals surface area (Å²) >= 11 is 0. The van der Waals surface area contributed by atoms with Gasteiger partial charge in [0.15, 0.2) is 0 Å². The number of nitrogens with zero attached hydrogens (tertiary/aromatic N) is 3. The lowest BCUT2D eigenvalue weighted by Crippen LogP contribution is -2.32. The number of aromatic nitrogens is 1. The Morgan fingerprint density at radius 2 is 2.24 bits per heavy atom. The Balaban J connectivity index is 1.86. The van der Waals surface area contributed by atoms with E-state index >= 15 is 0 Å². The molecular formula is C21H22N4O4. The van der Waals surface area contributed by atoms with Gasteiger partial charge in [0.1, 0.15) is 11.6 Å². The van der Waals surface area contributed by atoms with Gasteiger partial charge in [0, 0.05) is 36.7 Å². The first-order valence-corrected chi connectivity index (χ1v) is 9.36. The number of nitrogens with one attached hydrogen (secondary N) is 1. The SMILES string of the molecule is Cc1cc(/C=C(\C#N)C(=O)NC[C@@H]2CCCO2)c(C)n1-c1cccc([N+](=O)[O-])c1. The Labute approximate surface area is 168 Å². The van der Waals surface area contributed by atoms with Crippen molar-refractivity contribution >= 4 is 17.7 Å². The Kier molecular flexibility index (Phi) is 6.10. The monoisotopic (exact) mass is 394 g/mol. The van der Waals surface area contributed by atoms with Crippen LogP contribution < -0.4 is 5.32 Å². The molecular weight excluding hydrogens is 372 g/mol. The van der Waals surface area contributed by atoms with Crippen molar-refractivity contribution in [3.63, 3.8) is 0 Å². The second-order valence-corrected chi connectivity index (χ2v) is 6.95. The molecule has 1 aromatic carbocycles. The summed E-state index contributed by atoms with van der Waals surface area (Å²) in [5, 5.41) is 23.3. The molecule has 29 heavy (non-hydrogen) atoms. The molecule has 2 heterocycles. The average molecular weight is 394 g/mol. The van der Waals surface area contributed by atoms with Crippen LogP contribution in [0, 0.1) is 35.3 Å². The first kappa shape index (κ1) is 20.3. The molecule has 1 N–H and O–H groups in total. The number of nitro groups is 1. The summed E-state index contributed by atoms with van der Waals surface area (Å²) in [4.78, 5) is 23.0. The lowest BCUT2D eigenvalue weighted by atomic mass is 10.1. The molecule has 2 aromatic rings. The van der Waals surface area contributed by atoms with Crippen LogP contribution in [0.1, 0.15) is 29.8 Å². The normalized spacial score (nSPS) is 16.4. The number of non-ortho nitro benzene ring substituents is 1. The van der Waals surface area contributed by atoms with Gasteiger partial charge in [-0.15, -0.1) is 0 Å². The van der Waals surface area contributed by atoms with Crippen molar-refractivity contribution in [2.24, 2.45) is 0 Å². The quantitative estimate of drug-likeness (QED) is 0.350. The molecule has 1 aromatic heterocycles. The van der Waals surface area contributed by atoms with Gasteiger partial charge in [-0.1, -0.05) is 6.07 Å². The van der Waals surface area contributed by atoms with Crippen molar-refractivity contribution in [1.29, 1.82) is 5.26 Å². The van der Waals surface area contributed by atoms with Gasteiger partial charge in [-0.3, -0.25) is 14.9 Å². The Hall–Kier alpha value is -3.44. The van der Waals surface area contributed by atoms with E-state index in [4.69, 9.17) is 4.74 Å². The molecule has 0 unspecified atom stereocenters. The second kappa shape index (κ2) is 8.71. The predicted molar refractivity (Wildman–Crippen MR) is 107 cm³/mol. The molecule has 0 radical (unpaired) electrons. The largest absolute Gasteiger partial charge is 0.376 e. The summed E-state index contributed by atoms with van der Waals surface area (Å²) < 4.78 is 7.34. The van der Waals surface area contributed by atoms with E-state index in [1.54, 1.807) is 18.2 Å². The molecule has 1 atom stereocenters. The number of nitro benzene ring substituents is 1. The van der Waals surface area contributed by atoms with Crippen LogP contribution in [-0.4, -0.2) is 34.7 Å². The highest BCUT2D eigenvalue weighted by Crippen LogP contribution is 2.25. The van der Waals surface area contributed by atoms with Gasteiger partial charge in [0.05, 0.1) is 16.7 Å². The van der Waals surface area contributed by atoms with Gasteiger partial charge in [-0.2, -0.15) is 5.26 Å².